The van der Waals surface area contributed by atoms with E-state index in [4.69, 9.17) is 17.5 Å². The Morgan fingerprint density at radius 2 is 2.00 bits per heavy atom. The lowest BCUT2D eigenvalue weighted by molar-refractivity contribution is 0.121. The fourth-order valence-corrected chi connectivity index (χ4v) is 1.85. The molecule has 0 aliphatic rings. The third-order valence-corrected chi connectivity index (χ3v) is 2.78. The monoisotopic (exact) mass is 213 g/mol. The normalized spacial score (nSPS) is 11.7. The molecule has 0 radical (unpaired) electrons. The van der Waals surface area contributed by atoms with E-state index in [1.54, 1.807) is 0 Å². The molecule has 0 aliphatic carbocycles. The summed E-state index contributed by atoms with van der Waals surface area (Å²) in [5.74, 6) is 5.02. The quantitative estimate of drug-likeness (QED) is 0.781. The lowest BCUT2D eigenvalue weighted by Gasteiger charge is -2.25. The first-order valence-electron chi connectivity index (χ1n) is 4.64. The molecule has 1 aromatic rings. The second-order valence-corrected chi connectivity index (χ2v) is 4.39. The van der Waals surface area contributed by atoms with Crippen molar-refractivity contribution in [2.45, 2.75) is 25.7 Å². The number of rotatable bonds is 4. The van der Waals surface area contributed by atoms with Crippen molar-refractivity contribution in [3.05, 3.63) is 34.9 Å². The molecule has 1 aromatic carbocycles. The van der Waals surface area contributed by atoms with Crippen LogP contribution in [0.25, 0.3) is 0 Å². The summed E-state index contributed by atoms with van der Waals surface area (Å²) in [4.78, 5) is 4.60. The molecule has 0 spiro atoms. The van der Waals surface area contributed by atoms with Gasteiger partial charge in [-0.1, -0.05) is 43.6 Å². The average molecular weight is 214 g/mol. The second kappa shape index (κ2) is 4.78. The molecule has 0 saturated heterocycles. The van der Waals surface area contributed by atoms with E-state index in [1.807, 2.05) is 24.3 Å². The van der Waals surface area contributed by atoms with Crippen LogP contribution in [0.1, 0.15) is 25.8 Å². The molecule has 0 aliphatic heterocycles. The maximum absolute atomic E-state index is 6.12. The maximum atomic E-state index is 6.12. The van der Waals surface area contributed by atoms with E-state index in [1.165, 1.54) is 0 Å². The first-order valence-corrected chi connectivity index (χ1v) is 5.02. The Labute approximate surface area is 90.0 Å². The van der Waals surface area contributed by atoms with Crippen LogP contribution in [0.4, 0.5) is 0 Å². The lowest BCUT2D eigenvalue weighted by Crippen LogP contribution is -2.21. The van der Waals surface area contributed by atoms with Gasteiger partial charge >= 0.3 is 0 Å². The first kappa shape index (κ1) is 11.5. The molecule has 3 heteroatoms. The van der Waals surface area contributed by atoms with Crippen molar-refractivity contribution < 1.29 is 4.84 Å². The van der Waals surface area contributed by atoms with Crippen LogP contribution in [0.15, 0.2) is 24.3 Å². The molecule has 0 aromatic heterocycles. The minimum absolute atomic E-state index is 0.00227. The van der Waals surface area contributed by atoms with E-state index in [0.29, 0.717) is 6.61 Å². The van der Waals surface area contributed by atoms with Crippen molar-refractivity contribution in [3.63, 3.8) is 0 Å². The predicted molar refractivity (Wildman–Crippen MR) is 59.2 cm³/mol. The molecule has 0 atom stereocenters. The van der Waals surface area contributed by atoms with Crippen molar-refractivity contribution in [1.82, 2.24) is 0 Å². The van der Waals surface area contributed by atoms with Crippen LogP contribution in [0.2, 0.25) is 5.02 Å². The molecule has 78 valence electrons. The molecule has 14 heavy (non-hydrogen) atoms. The highest BCUT2D eigenvalue weighted by Gasteiger charge is 2.22. The van der Waals surface area contributed by atoms with Crippen LogP contribution in [0, 0.1) is 0 Å². The van der Waals surface area contributed by atoms with Crippen LogP contribution < -0.4 is 5.90 Å². The van der Waals surface area contributed by atoms with Crippen molar-refractivity contribution in [2.24, 2.45) is 5.90 Å². The Bertz CT molecular complexity index is 299. The number of hydrogen-bond donors (Lipinski definition) is 1. The largest absolute Gasteiger partial charge is 0.305 e. The van der Waals surface area contributed by atoms with E-state index in [9.17, 15) is 0 Å². The highest BCUT2D eigenvalue weighted by Crippen LogP contribution is 2.32. The number of hydrogen-bond acceptors (Lipinski definition) is 2. The average Bonchev–Trinajstić information content (AvgIpc) is 2.15. The SMILES string of the molecule is CC(C)(CCON)c1ccccc1Cl. The standard InChI is InChI=1S/C11H16ClNO/c1-11(2,7-8-14-13)9-5-3-4-6-10(9)12/h3-6H,7-8,13H2,1-2H3. The number of halogens is 1. The van der Waals surface area contributed by atoms with E-state index < -0.39 is 0 Å². The summed E-state index contributed by atoms with van der Waals surface area (Å²) in [7, 11) is 0. The van der Waals surface area contributed by atoms with Gasteiger partial charge in [0.05, 0.1) is 6.61 Å². The first-order chi connectivity index (χ1) is 6.58. The van der Waals surface area contributed by atoms with E-state index in [0.717, 1.165) is 17.0 Å². The summed E-state index contributed by atoms with van der Waals surface area (Å²) in [6, 6.07) is 7.87. The van der Waals surface area contributed by atoms with Gasteiger partial charge in [0.15, 0.2) is 0 Å². The third-order valence-electron chi connectivity index (χ3n) is 2.45. The maximum Gasteiger partial charge on any atom is 0.0687 e. The molecule has 0 unspecified atom stereocenters. The summed E-state index contributed by atoms with van der Waals surface area (Å²) >= 11 is 6.12. The van der Waals surface area contributed by atoms with Gasteiger partial charge in [0.1, 0.15) is 0 Å². The summed E-state index contributed by atoms with van der Waals surface area (Å²) in [5, 5.41) is 0.800. The van der Waals surface area contributed by atoms with Gasteiger partial charge in [-0.2, -0.15) is 0 Å². The Balaban J connectivity index is 2.86. The van der Waals surface area contributed by atoms with E-state index >= 15 is 0 Å². The highest BCUT2D eigenvalue weighted by molar-refractivity contribution is 6.31. The Kier molecular flexibility index (Phi) is 3.93. The van der Waals surface area contributed by atoms with Crippen LogP contribution in [0.5, 0.6) is 0 Å². The zero-order valence-corrected chi connectivity index (χ0v) is 9.34. The third kappa shape index (κ3) is 2.71. The Morgan fingerprint density at radius 1 is 1.36 bits per heavy atom. The van der Waals surface area contributed by atoms with Crippen LogP contribution in [0.3, 0.4) is 0 Å². The molecular weight excluding hydrogens is 198 g/mol. The Hall–Kier alpha value is -0.570. The van der Waals surface area contributed by atoms with Crippen molar-refractivity contribution >= 4 is 11.6 Å². The molecular formula is C11H16ClNO. The molecule has 2 nitrogen and oxygen atoms in total. The number of benzene rings is 1. The minimum Gasteiger partial charge on any atom is -0.305 e. The van der Waals surface area contributed by atoms with Gasteiger partial charge in [0, 0.05) is 5.02 Å². The fourth-order valence-electron chi connectivity index (χ4n) is 1.46. The molecule has 0 heterocycles. The second-order valence-electron chi connectivity index (χ2n) is 3.98. The van der Waals surface area contributed by atoms with Gasteiger partial charge < -0.3 is 4.84 Å². The van der Waals surface area contributed by atoms with Crippen molar-refractivity contribution in [3.8, 4) is 0 Å². The molecule has 1 rings (SSSR count). The summed E-state index contributed by atoms with van der Waals surface area (Å²) in [6.07, 6.45) is 0.854. The van der Waals surface area contributed by atoms with Crippen molar-refractivity contribution in [1.29, 1.82) is 0 Å². The number of nitrogens with two attached hydrogens (primary N) is 1. The fraction of sp³-hybridized carbons (Fsp3) is 0.455. The van der Waals surface area contributed by atoms with E-state index in [-0.39, 0.29) is 5.41 Å². The van der Waals surface area contributed by atoms with Gasteiger partial charge in [0.25, 0.3) is 0 Å². The van der Waals surface area contributed by atoms with Gasteiger partial charge in [-0.05, 0) is 23.5 Å². The molecule has 0 fully saturated rings. The summed E-state index contributed by atoms with van der Waals surface area (Å²) in [5.41, 5.74) is 1.14. The van der Waals surface area contributed by atoms with Crippen molar-refractivity contribution in [2.75, 3.05) is 6.61 Å². The molecule has 0 amide bonds. The minimum atomic E-state index is -0.00227. The van der Waals surface area contributed by atoms with Crippen LogP contribution in [-0.2, 0) is 10.3 Å². The lowest BCUT2D eigenvalue weighted by atomic mass is 9.82. The zero-order valence-electron chi connectivity index (χ0n) is 8.59. The van der Waals surface area contributed by atoms with Gasteiger partial charge in [0.2, 0.25) is 0 Å². The van der Waals surface area contributed by atoms with Crippen LogP contribution in [-0.4, -0.2) is 6.61 Å². The van der Waals surface area contributed by atoms with Crippen LogP contribution >= 0.6 is 11.6 Å². The van der Waals surface area contributed by atoms with Gasteiger partial charge in [-0.3, -0.25) is 0 Å². The predicted octanol–water partition coefficient (Wildman–Crippen LogP) is 2.90. The Morgan fingerprint density at radius 3 is 2.57 bits per heavy atom. The van der Waals surface area contributed by atoms with Gasteiger partial charge in [-0.15, -0.1) is 0 Å². The summed E-state index contributed by atoms with van der Waals surface area (Å²) < 4.78 is 0. The highest BCUT2D eigenvalue weighted by atomic mass is 35.5. The molecule has 0 bridgehead atoms. The molecule has 2 N–H and O–H groups in total. The summed E-state index contributed by atoms with van der Waals surface area (Å²) in [6.45, 7) is 4.80. The molecule has 0 saturated carbocycles. The van der Waals surface area contributed by atoms with Gasteiger partial charge in [-0.25, -0.2) is 5.90 Å². The van der Waals surface area contributed by atoms with E-state index in [2.05, 4.69) is 18.7 Å². The smallest absolute Gasteiger partial charge is 0.0687 e. The topological polar surface area (TPSA) is 35.2 Å². The zero-order chi connectivity index (χ0) is 10.6.